The van der Waals surface area contributed by atoms with Gasteiger partial charge in [-0.2, -0.15) is 0 Å². The highest BCUT2D eigenvalue weighted by Gasteiger charge is 2.06. The Bertz CT molecular complexity index is 403. The topological polar surface area (TPSA) is 25.2 Å². The molecule has 2 rings (SSSR count). The van der Waals surface area contributed by atoms with Crippen LogP contribution in [0.2, 0.25) is 0 Å². The van der Waals surface area contributed by atoms with Gasteiger partial charge in [0, 0.05) is 11.9 Å². The van der Waals surface area contributed by atoms with E-state index in [2.05, 4.69) is 0 Å². The van der Waals surface area contributed by atoms with Crippen LogP contribution in [-0.4, -0.2) is 9.67 Å². The quantitative estimate of drug-likeness (QED) is 0.767. The second-order valence-electron chi connectivity index (χ2n) is 3.31. The molecule has 1 heterocycles. The van der Waals surface area contributed by atoms with Crippen LogP contribution in [0.15, 0.2) is 48.7 Å². The van der Waals surface area contributed by atoms with E-state index in [0.717, 1.165) is 11.4 Å². The Morgan fingerprint density at radius 3 is 2.43 bits per heavy atom. The zero-order chi connectivity index (χ0) is 9.97. The first kappa shape index (κ1) is 9.03. The molecule has 0 aliphatic rings. The van der Waals surface area contributed by atoms with Crippen molar-refractivity contribution in [2.24, 2.45) is 0 Å². The molecule has 14 heavy (non-hydrogen) atoms. The van der Waals surface area contributed by atoms with Crippen molar-refractivity contribution >= 4 is 0 Å². The van der Waals surface area contributed by atoms with Gasteiger partial charge in [-0.15, -0.1) is 0 Å². The zero-order valence-electron chi connectivity index (χ0n) is 8.09. The van der Waals surface area contributed by atoms with Crippen molar-refractivity contribution < 1.29 is 5.11 Å². The Morgan fingerprint density at radius 2 is 1.79 bits per heavy atom. The van der Waals surface area contributed by atoms with Crippen LogP contribution in [0.25, 0.3) is 5.69 Å². The second-order valence-corrected chi connectivity index (χ2v) is 3.31. The minimum atomic E-state index is -0.440. The smallest absolute Gasteiger partial charge is 0.0915 e. The first-order valence-corrected chi connectivity index (χ1v) is 4.70. The Kier molecular flexibility index (Phi) is 2.37. The average Bonchev–Trinajstić information content (AvgIpc) is 2.67. The summed E-state index contributed by atoms with van der Waals surface area (Å²) in [4.78, 5) is 0. The molecule has 0 aliphatic carbocycles. The fourth-order valence-electron chi connectivity index (χ4n) is 1.56. The second kappa shape index (κ2) is 3.68. The molecule has 0 saturated carbocycles. The Labute approximate surface area is 83.4 Å². The largest absolute Gasteiger partial charge is 0.387 e. The van der Waals surface area contributed by atoms with E-state index in [4.69, 9.17) is 0 Å². The molecular weight excluding hydrogens is 174 g/mol. The van der Waals surface area contributed by atoms with Crippen molar-refractivity contribution in [1.29, 1.82) is 0 Å². The highest BCUT2D eigenvalue weighted by Crippen LogP contribution is 2.17. The summed E-state index contributed by atoms with van der Waals surface area (Å²) >= 11 is 0. The van der Waals surface area contributed by atoms with Crippen LogP contribution in [0.1, 0.15) is 18.7 Å². The van der Waals surface area contributed by atoms with Crippen LogP contribution < -0.4 is 0 Å². The molecule has 1 aromatic carbocycles. The lowest BCUT2D eigenvalue weighted by Gasteiger charge is -2.10. The molecule has 1 N–H and O–H groups in total. The van der Waals surface area contributed by atoms with Crippen LogP contribution >= 0.6 is 0 Å². The molecule has 0 fully saturated rings. The lowest BCUT2D eigenvalue weighted by Crippen LogP contribution is -2.01. The van der Waals surface area contributed by atoms with Gasteiger partial charge in [-0.3, -0.25) is 0 Å². The van der Waals surface area contributed by atoms with Gasteiger partial charge in [-0.25, -0.2) is 0 Å². The summed E-state index contributed by atoms with van der Waals surface area (Å²) in [5.74, 6) is 0. The molecule has 0 amide bonds. The molecule has 1 atom stereocenters. The van der Waals surface area contributed by atoms with Gasteiger partial charge < -0.3 is 9.67 Å². The molecule has 2 aromatic rings. The molecule has 0 saturated heterocycles. The number of para-hydroxylation sites is 1. The summed E-state index contributed by atoms with van der Waals surface area (Å²) in [5, 5.41) is 9.53. The number of aromatic nitrogens is 1. The lowest BCUT2D eigenvalue weighted by molar-refractivity contribution is 0.192. The molecule has 0 bridgehead atoms. The molecule has 0 aliphatic heterocycles. The number of nitrogens with zero attached hydrogens (tertiary/aromatic N) is 1. The van der Waals surface area contributed by atoms with Crippen LogP contribution in [0.3, 0.4) is 0 Å². The SMILES string of the molecule is CC(O)c1cccn1-c1ccccc1. The van der Waals surface area contributed by atoms with E-state index in [1.807, 2.05) is 53.2 Å². The predicted octanol–water partition coefficient (Wildman–Crippen LogP) is 2.53. The first-order chi connectivity index (χ1) is 6.79. The predicted molar refractivity (Wildman–Crippen MR) is 56.4 cm³/mol. The number of benzene rings is 1. The van der Waals surface area contributed by atoms with Gasteiger partial charge in [0.15, 0.2) is 0 Å². The molecule has 2 heteroatoms. The van der Waals surface area contributed by atoms with Crippen LogP contribution in [0.4, 0.5) is 0 Å². The van der Waals surface area contributed by atoms with Crippen molar-refractivity contribution in [3.63, 3.8) is 0 Å². The third-order valence-corrected chi connectivity index (χ3v) is 2.24. The van der Waals surface area contributed by atoms with E-state index in [-0.39, 0.29) is 0 Å². The van der Waals surface area contributed by atoms with E-state index in [9.17, 15) is 5.11 Å². The number of hydrogen-bond acceptors (Lipinski definition) is 1. The third-order valence-electron chi connectivity index (χ3n) is 2.24. The van der Waals surface area contributed by atoms with E-state index in [1.54, 1.807) is 6.92 Å². The summed E-state index contributed by atoms with van der Waals surface area (Å²) in [7, 11) is 0. The fraction of sp³-hybridized carbons (Fsp3) is 0.167. The van der Waals surface area contributed by atoms with Crippen molar-refractivity contribution in [3.8, 4) is 5.69 Å². The van der Waals surface area contributed by atoms with Crippen molar-refractivity contribution in [2.75, 3.05) is 0 Å². The average molecular weight is 187 g/mol. The van der Waals surface area contributed by atoms with E-state index < -0.39 is 6.10 Å². The molecule has 0 radical (unpaired) electrons. The highest BCUT2D eigenvalue weighted by atomic mass is 16.3. The standard InChI is InChI=1S/C12H13NO/c1-10(14)12-8-5-9-13(12)11-6-3-2-4-7-11/h2-10,14H,1H3. The van der Waals surface area contributed by atoms with Crippen LogP contribution in [0.5, 0.6) is 0 Å². The van der Waals surface area contributed by atoms with E-state index in [1.165, 1.54) is 0 Å². The Balaban J connectivity index is 2.47. The maximum atomic E-state index is 9.53. The van der Waals surface area contributed by atoms with Crippen molar-refractivity contribution in [2.45, 2.75) is 13.0 Å². The molecule has 0 spiro atoms. The van der Waals surface area contributed by atoms with Gasteiger partial charge in [0.1, 0.15) is 0 Å². The summed E-state index contributed by atoms with van der Waals surface area (Å²) in [6, 6.07) is 13.9. The summed E-state index contributed by atoms with van der Waals surface area (Å²) in [5.41, 5.74) is 1.99. The molecular formula is C12H13NO. The monoisotopic (exact) mass is 187 g/mol. The number of rotatable bonds is 2. The lowest BCUT2D eigenvalue weighted by atomic mass is 10.2. The van der Waals surface area contributed by atoms with Crippen molar-refractivity contribution in [1.82, 2.24) is 4.57 Å². The van der Waals surface area contributed by atoms with E-state index in [0.29, 0.717) is 0 Å². The minimum Gasteiger partial charge on any atom is -0.387 e. The van der Waals surface area contributed by atoms with Gasteiger partial charge in [0.25, 0.3) is 0 Å². The maximum Gasteiger partial charge on any atom is 0.0915 e. The normalized spacial score (nSPS) is 12.7. The number of hydrogen-bond donors (Lipinski definition) is 1. The van der Waals surface area contributed by atoms with Gasteiger partial charge in [-0.1, -0.05) is 18.2 Å². The summed E-state index contributed by atoms with van der Waals surface area (Å²) < 4.78 is 1.99. The fourth-order valence-corrected chi connectivity index (χ4v) is 1.56. The minimum absolute atomic E-state index is 0.440. The van der Waals surface area contributed by atoms with E-state index >= 15 is 0 Å². The number of aliphatic hydroxyl groups is 1. The van der Waals surface area contributed by atoms with Gasteiger partial charge in [0.05, 0.1) is 11.8 Å². The molecule has 1 unspecified atom stereocenters. The Hall–Kier alpha value is -1.54. The van der Waals surface area contributed by atoms with Gasteiger partial charge in [0.2, 0.25) is 0 Å². The zero-order valence-corrected chi connectivity index (χ0v) is 8.09. The highest BCUT2D eigenvalue weighted by molar-refractivity contribution is 5.35. The summed E-state index contributed by atoms with van der Waals surface area (Å²) in [6.45, 7) is 1.77. The third kappa shape index (κ3) is 1.56. The Morgan fingerprint density at radius 1 is 1.07 bits per heavy atom. The van der Waals surface area contributed by atoms with Gasteiger partial charge in [-0.05, 0) is 31.2 Å². The van der Waals surface area contributed by atoms with Crippen LogP contribution in [0, 0.1) is 0 Å². The van der Waals surface area contributed by atoms with Crippen LogP contribution in [-0.2, 0) is 0 Å². The van der Waals surface area contributed by atoms with Gasteiger partial charge >= 0.3 is 0 Å². The molecule has 72 valence electrons. The molecule has 2 nitrogen and oxygen atoms in total. The first-order valence-electron chi connectivity index (χ1n) is 4.70. The maximum absolute atomic E-state index is 9.53. The molecule has 1 aromatic heterocycles. The summed E-state index contributed by atoms with van der Waals surface area (Å²) in [6.07, 6.45) is 1.52. The van der Waals surface area contributed by atoms with Crippen molar-refractivity contribution in [3.05, 3.63) is 54.4 Å². The number of aliphatic hydroxyl groups excluding tert-OH is 1.